The lowest BCUT2D eigenvalue weighted by Crippen LogP contribution is -2.09. The van der Waals surface area contributed by atoms with Crippen molar-refractivity contribution < 1.29 is 9.90 Å². The van der Waals surface area contributed by atoms with E-state index in [0.29, 0.717) is 0 Å². The molecule has 1 aliphatic rings. The molecule has 2 heteroatoms. The van der Waals surface area contributed by atoms with Crippen LogP contribution in [0.15, 0.2) is 48.5 Å². The Bertz CT molecular complexity index is 527. The van der Waals surface area contributed by atoms with Crippen molar-refractivity contribution in [1.82, 2.24) is 0 Å². The Morgan fingerprint density at radius 3 is 1.75 bits per heavy atom. The zero-order valence-corrected chi connectivity index (χ0v) is 8.55. The summed E-state index contributed by atoms with van der Waals surface area (Å²) in [5.74, 6) is -1.29. The van der Waals surface area contributed by atoms with Crippen LogP contribution in [0, 0.1) is 0 Å². The Balaban J connectivity index is 2.34. The largest absolute Gasteiger partial charge is 0.481 e. The van der Waals surface area contributed by atoms with Crippen LogP contribution in [-0.4, -0.2) is 11.1 Å². The monoisotopic (exact) mass is 212 g/mol. The summed E-state index contributed by atoms with van der Waals surface area (Å²) in [4.78, 5) is 11.3. The van der Waals surface area contributed by atoms with Gasteiger partial charge in [0.25, 0.3) is 0 Å². The smallest absolute Gasteiger partial charge is 0.315 e. The second-order valence-corrected chi connectivity index (χ2v) is 3.95. The van der Waals surface area contributed by atoms with Gasteiger partial charge in [0.2, 0.25) is 0 Å². The molecule has 0 spiro atoms. The van der Waals surface area contributed by atoms with Crippen LogP contribution in [0.3, 0.4) is 0 Å². The molecule has 0 amide bonds. The van der Waals surface area contributed by atoms with Crippen LogP contribution in [-0.2, 0) is 4.79 Å². The molecule has 0 fully saturated rings. The van der Waals surface area contributed by atoms with E-state index in [1.807, 2.05) is 48.5 Å². The van der Waals surface area contributed by atoms with Crippen molar-refractivity contribution in [3.63, 3.8) is 0 Å². The van der Waals surface area contributed by atoms with Gasteiger partial charge < -0.3 is 5.11 Å². The third-order valence-electron chi connectivity index (χ3n) is 3.08. The van der Waals surface area contributed by atoms with E-state index in [1.54, 1.807) is 0 Å². The van der Waals surface area contributed by atoms with Crippen LogP contribution >= 0.6 is 0 Å². The SMILES string of the molecule is O=[14C](O)C1c2ccccc2-c2ccccc21. The quantitative estimate of drug-likeness (QED) is 0.789. The highest BCUT2D eigenvalue weighted by atomic mass is 16.6. The minimum Gasteiger partial charge on any atom is -0.481 e. The van der Waals surface area contributed by atoms with Gasteiger partial charge in [-0.15, -0.1) is 0 Å². The highest BCUT2D eigenvalue weighted by Gasteiger charge is 2.32. The number of fused-ring (bicyclic) bond motifs is 3. The van der Waals surface area contributed by atoms with Crippen molar-refractivity contribution in [1.29, 1.82) is 0 Å². The van der Waals surface area contributed by atoms with Crippen LogP contribution in [0.1, 0.15) is 17.0 Å². The zero-order chi connectivity index (χ0) is 11.1. The average molecular weight is 212 g/mol. The molecule has 0 atom stereocenters. The van der Waals surface area contributed by atoms with Crippen molar-refractivity contribution >= 4 is 5.97 Å². The molecule has 0 bridgehead atoms. The Kier molecular flexibility index (Phi) is 1.83. The van der Waals surface area contributed by atoms with Gasteiger partial charge in [-0.05, 0) is 22.3 Å². The lowest BCUT2D eigenvalue weighted by Gasteiger charge is -2.06. The van der Waals surface area contributed by atoms with Crippen molar-refractivity contribution in [2.45, 2.75) is 5.92 Å². The maximum Gasteiger partial charge on any atom is 0.315 e. The molecule has 0 saturated heterocycles. The van der Waals surface area contributed by atoms with E-state index < -0.39 is 11.9 Å². The summed E-state index contributed by atoms with van der Waals surface area (Å²) in [6.07, 6.45) is 0. The molecule has 2 aromatic carbocycles. The summed E-state index contributed by atoms with van der Waals surface area (Å²) in [5.41, 5.74) is 3.89. The molecule has 0 radical (unpaired) electrons. The second-order valence-electron chi connectivity index (χ2n) is 3.95. The lowest BCUT2D eigenvalue weighted by molar-refractivity contribution is -0.137. The Morgan fingerprint density at radius 1 is 0.875 bits per heavy atom. The van der Waals surface area contributed by atoms with Crippen molar-refractivity contribution in [3.8, 4) is 11.1 Å². The summed E-state index contributed by atoms with van der Waals surface area (Å²) < 4.78 is 0. The van der Waals surface area contributed by atoms with E-state index in [4.69, 9.17) is 0 Å². The average Bonchev–Trinajstić information content (AvgIpc) is 2.63. The molecule has 0 aliphatic heterocycles. The molecule has 0 saturated carbocycles. The number of benzene rings is 2. The first kappa shape index (κ1) is 9.16. The zero-order valence-electron chi connectivity index (χ0n) is 8.55. The summed E-state index contributed by atoms with van der Waals surface area (Å²) in [6, 6.07) is 15.4. The third kappa shape index (κ3) is 1.10. The van der Waals surface area contributed by atoms with E-state index in [2.05, 4.69) is 0 Å². The molecule has 1 aliphatic carbocycles. The normalized spacial score (nSPS) is 13.2. The number of hydrogen-bond donors (Lipinski definition) is 1. The summed E-state index contributed by atoms with van der Waals surface area (Å²) in [6.45, 7) is 0. The van der Waals surface area contributed by atoms with Gasteiger partial charge in [-0.25, -0.2) is 0 Å². The second kappa shape index (κ2) is 3.20. The van der Waals surface area contributed by atoms with Gasteiger partial charge in [-0.1, -0.05) is 48.5 Å². The Labute approximate surface area is 93.2 Å². The van der Waals surface area contributed by atoms with Crippen molar-refractivity contribution in [3.05, 3.63) is 59.7 Å². The predicted octanol–water partition coefficient (Wildman–Crippen LogP) is 2.88. The first-order valence-electron chi connectivity index (χ1n) is 5.20. The maximum absolute atomic E-state index is 11.3. The minimum atomic E-state index is -0.780. The van der Waals surface area contributed by atoms with Crippen LogP contribution in [0.25, 0.3) is 11.1 Å². The standard InChI is InChI=1S/C14H10O2/c15-14(16)13-11-7-3-1-5-9(11)10-6-2-4-8-12(10)13/h1-8,13H,(H,15,16)/i14+2. The first-order chi connectivity index (χ1) is 7.79. The van der Waals surface area contributed by atoms with E-state index >= 15 is 0 Å². The van der Waals surface area contributed by atoms with E-state index in [1.165, 1.54) is 0 Å². The van der Waals surface area contributed by atoms with E-state index in [-0.39, 0.29) is 0 Å². The fourth-order valence-corrected chi connectivity index (χ4v) is 2.42. The third-order valence-corrected chi connectivity index (χ3v) is 3.08. The molecule has 2 aromatic rings. The topological polar surface area (TPSA) is 37.3 Å². The Hall–Kier alpha value is -2.09. The van der Waals surface area contributed by atoms with Crippen molar-refractivity contribution in [2.24, 2.45) is 0 Å². The fourth-order valence-electron chi connectivity index (χ4n) is 2.42. The van der Waals surface area contributed by atoms with Gasteiger partial charge in [-0.3, -0.25) is 4.79 Å². The molecule has 0 unspecified atom stereocenters. The number of carboxylic acid groups (broad SMARTS) is 1. The number of carboxylic acids is 1. The number of rotatable bonds is 1. The Morgan fingerprint density at radius 2 is 1.31 bits per heavy atom. The van der Waals surface area contributed by atoms with Crippen LogP contribution in [0.4, 0.5) is 0 Å². The fraction of sp³-hybridized carbons (Fsp3) is 0.0714. The van der Waals surface area contributed by atoms with Gasteiger partial charge in [0.15, 0.2) is 0 Å². The molecule has 78 valence electrons. The minimum absolute atomic E-state index is 0.507. The van der Waals surface area contributed by atoms with Crippen LogP contribution in [0.2, 0.25) is 0 Å². The first-order valence-corrected chi connectivity index (χ1v) is 5.20. The molecule has 0 heterocycles. The number of carbonyl (C=O) groups is 1. The molecular weight excluding hydrogens is 202 g/mol. The van der Waals surface area contributed by atoms with Crippen molar-refractivity contribution in [2.75, 3.05) is 0 Å². The lowest BCUT2D eigenvalue weighted by atomic mass is 10.1. The number of hydrogen-bond acceptors (Lipinski definition) is 1. The molecule has 1 N–H and O–H groups in total. The van der Waals surface area contributed by atoms with Gasteiger partial charge in [0, 0.05) is 0 Å². The maximum atomic E-state index is 11.3. The summed E-state index contributed by atoms with van der Waals surface area (Å²) in [7, 11) is 0. The molecule has 3 rings (SSSR count). The predicted molar refractivity (Wildman–Crippen MR) is 61.4 cm³/mol. The summed E-state index contributed by atoms with van der Waals surface area (Å²) in [5, 5.41) is 9.31. The van der Waals surface area contributed by atoms with E-state index in [0.717, 1.165) is 22.3 Å². The van der Waals surface area contributed by atoms with Crippen LogP contribution < -0.4 is 0 Å². The van der Waals surface area contributed by atoms with Crippen LogP contribution in [0.5, 0.6) is 0 Å². The van der Waals surface area contributed by atoms with Gasteiger partial charge in [0.05, 0.1) is 0 Å². The molecule has 16 heavy (non-hydrogen) atoms. The van der Waals surface area contributed by atoms with Gasteiger partial charge >= 0.3 is 5.97 Å². The molecular formula is C14H10O2. The number of aliphatic carboxylic acids is 1. The van der Waals surface area contributed by atoms with Gasteiger partial charge in [-0.2, -0.15) is 0 Å². The highest BCUT2D eigenvalue weighted by Crippen LogP contribution is 2.44. The molecule has 0 aromatic heterocycles. The highest BCUT2D eigenvalue weighted by molar-refractivity contribution is 5.92. The van der Waals surface area contributed by atoms with Gasteiger partial charge in [0.1, 0.15) is 5.92 Å². The van der Waals surface area contributed by atoms with E-state index in [9.17, 15) is 9.90 Å². The molecule has 2 nitrogen and oxygen atoms in total. The summed E-state index contributed by atoms with van der Waals surface area (Å²) >= 11 is 0.